The second-order valence-electron chi connectivity index (χ2n) is 12.1. The van der Waals surface area contributed by atoms with E-state index in [1.165, 1.54) is 17.0 Å². The van der Waals surface area contributed by atoms with E-state index in [4.69, 9.17) is 0 Å². The highest BCUT2D eigenvalue weighted by Gasteiger charge is 2.36. The van der Waals surface area contributed by atoms with Gasteiger partial charge in [0.15, 0.2) is 0 Å². The van der Waals surface area contributed by atoms with Gasteiger partial charge in [0.05, 0.1) is 23.7 Å². The molecule has 46 heavy (non-hydrogen) atoms. The Kier molecular flexibility index (Phi) is 9.78. The van der Waals surface area contributed by atoms with Gasteiger partial charge in [-0.2, -0.15) is 18.3 Å². The van der Waals surface area contributed by atoms with Gasteiger partial charge in [-0.3, -0.25) is 14.4 Å². The van der Waals surface area contributed by atoms with Crippen molar-refractivity contribution in [2.75, 3.05) is 13.1 Å². The molecule has 4 aromatic rings. The maximum absolute atomic E-state index is 13.9. The van der Waals surface area contributed by atoms with Crippen LogP contribution in [0.25, 0.3) is 10.9 Å². The third-order valence-electron chi connectivity index (χ3n) is 8.06. The maximum Gasteiger partial charge on any atom is 0.417 e. The lowest BCUT2D eigenvalue weighted by molar-refractivity contribution is -0.138. The number of aromatic amines is 1. The van der Waals surface area contributed by atoms with Gasteiger partial charge in [-0.05, 0) is 49.4 Å². The van der Waals surface area contributed by atoms with Gasteiger partial charge in [0.2, 0.25) is 11.8 Å². The summed E-state index contributed by atoms with van der Waals surface area (Å²) in [7, 11) is 0. The number of aromatic nitrogens is 4. The van der Waals surface area contributed by atoms with E-state index >= 15 is 0 Å². The van der Waals surface area contributed by atoms with Gasteiger partial charge < -0.3 is 20.5 Å². The molecule has 3 N–H and O–H groups in total. The van der Waals surface area contributed by atoms with E-state index < -0.39 is 41.2 Å². The largest absolute Gasteiger partial charge is 0.417 e. The molecule has 0 saturated heterocycles. The molecule has 3 heterocycles. The van der Waals surface area contributed by atoms with Gasteiger partial charge in [0, 0.05) is 43.0 Å². The van der Waals surface area contributed by atoms with Crippen molar-refractivity contribution < 1.29 is 27.6 Å². The number of hydrogen-bond acceptors (Lipinski definition) is 5. The SMILES string of the molecule is Cc1nc2n(n1)CCN(C(=O)c1ccccc1C(F)(F)F)CCCC(=O)N[C@H](Cc1c[nH]c3ccccc13)C(=O)N[C@H]2CC(C)C. The second kappa shape index (κ2) is 13.8. The molecular weight excluding hydrogens is 599 g/mol. The lowest BCUT2D eigenvalue weighted by Gasteiger charge is -2.27. The Balaban J connectivity index is 1.49. The van der Waals surface area contributed by atoms with E-state index in [1.807, 2.05) is 44.3 Å². The van der Waals surface area contributed by atoms with E-state index in [2.05, 4.69) is 25.7 Å². The molecule has 2 atom stereocenters. The molecule has 13 heteroatoms. The van der Waals surface area contributed by atoms with Crippen molar-refractivity contribution in [3.8, 4) is 0 Å². The number of H-pyrrole nitrogens is 1. The topological polar surface area (TPSA) is 125 Å². The number of fused-ring (bicyclic) bond motifs is 2. The Morgan fingerprint density at radius 2 is 1.74 bits per heavy atom. The zero-order valence-electron chi connectivity index (χ0n) is 26.0. The number of halogens is 3. The highest BCUT2D eigenvalue weighted by Crippen LogP contribution is 2.32. The molecule has 1 aliphatic heterocycles. The minimum absolute atomic E-state index is 0.0218. The van der Waals surface area contributed by atoms with Crippen molar-refractivity contribution in [2.45, 2.75) is 71.3 Å². The van der Waals surface area contributed by atoms with Crippen LogP contribution < -0.4 is 10.6 Å². The summed E-state index contributed by atoms with van der Waals surface area (Å²) in [4.78, 5) is 49.8. The van der Waals surface area contributed by atoms with E-state index in [0.29, 0.717) is 18.1 Å². The number of rotatable bonds is 5. The first-order valence-corrected chi connectivity index (χ1v) is 15.4. The molecule has 0 radical (unpaired) electrons. The zero-order valence-corrected chi connectivity index (χ0v) is 26.0. The fourth-order valence-corrected chi connectivity index (χ4v) is 5.91. The third-order valence-corrected chi connectivity index (χ3v) is 8.06. The number of carbonyl (C=O) groups is 3. The van der Waals surface area contributed by atoms with Crippen LogP contribution in [0.3, 0.4) is 0 Å². The van der Waals surface area contributed by atoms with Crippen molar-refractivity contribution >= 4 is 28.6 Å². The molecule has 0 bridgehead atoms. The molecule has 0 aliphatic carbocycles. The van der Waals surface area contributed by atoms with Crippen molar-refractivity contribution in [1.29, 1.82) is 0 Å². The molecule has 244 valence electrons. The van der Waals surface area contributed by atoms with Crippen LogP contribution >= 0.6 is 0 Å². The van der Waals surface area contributed by atoms with Gasteiger partial charge >= 0.3 is 6.18 Å². The summed E-state index contributed by atoms with van der Waals surface area (Å²) in [6.07, 6.45) is -2.02. The third kappa shape index (κ3) is 7.57. The quantitative estimate of drug-likeness (QED) is 0.286. The highest BCUT2D eigenvalue weighted by atomic mass is 19.4. The van der Waals surface area contributed by atoms with Gasteiger partial charge in [0.25, 0.3) is 5.91 Å². The van der Waals surface area contributed by atoms with Gasteiger partial charge in [0.1, 0.15) is 17.7 Å². The standard InChI is InChI=1S/C33H38F3N7O3/c1-20(2)17-27-30-38-21(3)41-43(30)16-15-42(32(46)24-10-4-6-11-25(24)33(34,35)36)14-8-13-29(44)39-28(31(45)40-27)18-22-19-37-26-12-7-5-9-23(22)26/h4-7,9-12,19-20,27-28,37H,8,13-18H2,1-3H3,(H,39,44)(H,40,45)/t27-,28+/m0/s1. The number of nitrogens with zero attached hydrogens (tertiary/aromatic N) is 4. The van der Waals surface area contributed by atoms with Crippen LogP contribution in [0.4, 0.5) is 13.2 Å². The van der Waals surface area contributed by atoms with Gasteiger partial charge in [-0.25, -0.2) is 9.67 Å². The molecule has 0 saturated carbocycles. The Bertz CT molecular complexity index is 1710. The van der Waals surface area contributed by atoms with E-state index in [9.17, 15) is 27.6 Å². The molecule has 1 aliphatic rings. The van der Waals surface area contributed by atoms with Crippen LogP contribution in [0.2, 0.25) is 0 Å². The fourth-order valence-electron chi connectivity index (χ4n) is 5.91. The van der Waals surface area contributed by atoms with Crippen LogP contribution in [0.5, 0.6) is 0 Å². The van der Waals surface area contributed by atoms with Gasteiger partial charge in [-0.15, -0.1) is 0 Å². The molecule has 0 fully saturated rings. The molecule has 2 aromatic heterocycles. The van der Waals surface area contributed by atoms with E-state index in [0.717, 1.165) is 28.6 Å². The predicted molar refractivity (Wildman–Crippen MR) is 166 cm³/mol. The Hall–Kier alpha value is -4.68. The number of benzene rings is 2. The number of aryl methyl sites for hydroxylation is 1. The predicted octanol–water partition coefficient (Wildman–Crippen LogP) is 4.95. The number of para-hydroxylation sites is 1. The Morgan fingerprint density at radius 1 is 1.00 bits per heavy atom. The van der Waals surface area contributed by atoms with Crippen LogP contribution in [0.15, 0.2) is 54.7 Å². The summed E-state index contributed by atoms with van der Waals surface area (Å²) < 4.78 is 43.1. The van der Waals surface area contributed by atoms with Crippen LogP contribution in [-0.2, 0) is 28.7 Å². The number of carbonyl (C=O) groups excluding carboxylic acids is 3. The fraction of sp³-hybridized carbons (Fsp3) is 0.424. The first kappa shape index (κ1) is 32.7. The van der Waals surface area contributed by atoms with Crippen molar-refractivity contribution in [3.05, 3.63) is 83.1 Å². The highest BCUT2D eigenvalue weighted by molar-refractivity contribution is 5.96. The Labute approximate surface area is 264 Å². The summed E-state index contributed by atoms with van der Waals surface area (Å²) in [5, 5.41) is 11.4. The van der Waals surface area contributed by atoms with E-state index in [1.54, 1.807) is 11.6 Å². The van der Waals surface area contributed by atoms with Gasteiger partial charge in [-0.1, -0.05) is 44.2 Å². The monoisotopic (exact) mass is 637 g/mol. The van der Waals surface area contributed by atoms with Crippen molar-refractivity contribution in [1.82, 2.24) is 35.3 Å². The number of alkyl halides is 3. The van der Waals surface area contributed by atoms with Crippen LogP contribution in [0, 0.1) is 12.8 Å². The lowest BCUT2D eigenvalue weighted by Crippen LogP contribution is -2.49. The molecule has 5 rings (SSSR count). The summed E-state index contributed by atoms with van der Waals surface area (Å²) in [6.45, 7) is 5.91. The molecule has 0 unspecified atom stereocenters. The number of amides is 3. The lowest BCUT2D eigenvalue weighted by atomic mass is 10.0. The average Bonchev–Trinajstić information content (AvgIpc) is 3.59. The molecule has 0 spiro atoms. The maximum atomic E-state index is 13.9. The number of hydrogen-bond donors (Lipinski definition) is 3. The summed E-state index contributed by atoms with van der Waals surface area (Å²) >= 11 is 0. The normalized spacial score (nSPS) is 18.6. The smallest absolute Gasteiger partial charge is 0.361 e. The van der Waals surface area contributed by atoms with Crippen molar-refractivity contribution in [2.24, 2.45) is 5.92 Å². The first-order chi connectivity index (χ1) is 21.9. The van der Waals surface area contributed by atoms with Crippen LogP contribution in [0.1, 0.15) is 72.3 Å². The molecular formula is C33H38F3N7O3. The van der Waals surface area contributed by atoms with Crippen LogP contribution in [-0.4, -0.2) is 61.5 Å². The first-order valence-electron chi connectivity index (χ1n) is 15.4. The summed E-state index contributed by atoms with van der Waals surface area (Å²) in [5.74, 6) is -0.492. The average molecular weight is 638 g/mol. The number of nitrogens with one attached hydrogen (secondary N) is 3. The zero-order chi connectivity index (χ0) is 33.0. The summed E-state index contributed by atoms with van der Waals surface area (Å²) in [6, 6.07) is 10.9. The second-order valence-corrected chi connectivity index (χ2v) is 12.1. The molecule has 3 amide bonds. The Morgan fingerprint density at radius 3 is 2.50 bits per heavy atom. The van der Waals surface area contributed by atoms with Crippen molar-refractivity contribution in [3.63, 3.8) is 0 Å². The minimum atomic E-state index is -4.72. The molecule has 10 nitrogen and oxygen atoms in total. The molecule has 2 aromatic carbocycles. The summed E-state index contributed by atoms with van der Waals surface area (Å²) in [5.41, 5.74) is 0.286. The minimum Gasteiger partial charge on any atom is -0.361 e. The van der Waals surface area contributed by atoms with E-state index in [-0.39, 0.29) is 50.7 Å².